The average molecular weight is 224 g/mol. The summed E-state index contributed by atoms with van der Waals surface area (Å²) in [6.45, 7) is 8.51. The maximum Gasteiger partial charge on any atom is 0.00675 e. The van der Waals surface area contributed by atoms with Crippen LogP contribution < -0.4 is 10.6 Å². The Labute approximate surface area is 101 Å². The predicted octanol–water partition coefficient (Wildman–Crippen LogP) is 2.54. The highest BCUT2D eigenvalue weighted by molar-refractivity contribution is 4.83. The van der Waals surface area contributed by atoms with Gasteiger partial charge in [-0.05, 0) is 69.5 Å². The number of nitrogens with one attached hydrogen (secondary N) is 2. The van der Waals surface area contributed by atoms with Gasteiger partial charge in [-0.1, -0.05) is 13.8 Å². The quantitative estimate of drug-likeness (QED) is 0.770. The van der Waals surface area contributed by atoms with Gasteiger partial charge in [0.05, 0.1) is 0 Å². The van der Waals surface area contributed by atoms with Crippen LogP contribution in [0.3, 0.4) is 0 Å². The van der Waals surface area contributed by atoms with E-state index in [9.17, 15) is 0 Å². The zero-order valence-corrected chi connectivity index (χ0v) is 11.0. The average Bonchev–Trinajstić information content (AvgIpc) is 2.29. The van der Waals surface area contributed by atoms with E-state index in [1.54, 1.807) is 0 Å². The summed E-state index contributed by atoms with van der Waals surface area (Å²) in [6, 6.07) is 0.801. The Morgan fingerprint density at radius 2 is 1.94 bits per heavy atom. The van der Waals surface area contributed by atoms with Crippen LogP contribution in [0.4, 0.5) is 0 Å². The minimum Gasteiger partial charge on any atom is -0.316 e. The summed E-state index contributed by atoms with van der Waals surface area (Å²) in [5.74, 6) is 0.878. The Balaban J connectivity index is 1.63. The van der Waals surface area contributed by atoms with Crippen LogP contribution in [-0.4, -0.2) is 25.7 Å². The van der Waals surface area contributed by atoms with Gasteiger partial charge in [-0.25, -0.2) is 0 Å². The molecule has 1 aliphatic carbocycles. The Bertz CT molecular complexity index is 197. The molecule has 2 heteroatoms. The highest BCUT2D eigenvalue weighted by Gasteiger charge is 2.26. The molecule has 0 radical (unpaired) electrons. The van der Waals surface area contributed by atoms with Gasteiger partial charge in [0.15, 0.2) is 0 Å². The van der Waals surface area contributed by atoms with Crippen molar-refractivity contribution in [1.82, 2.24) is 10.6 Å². The van der Waals surface area contributed by atoms with Gasteiger partial charge in [0.2, 0.25) is 0 Å². The Hall–Kier alpha value is -0.0800. The second-order valence-corrected chi connectivity index (χ2v) is 6.56. The molecule has 0 aromatic heterocycles. The SMILES string of the molecule is CC1(C)CCC(NCC2CCCNC2)CC1. The van der Waals surface area contributed by atoms with E-state index in [2.05, 4.69) is 24.5 Å². The second kappa shape index (κ2) is 5.50. The summed E-state index contributed by atoms with van der Waals surface area (Å²) in [5, 5.41) is 7.28. The van der Waals surface area contributed by atoms with Gasteiger partial charge in [0.1, 0.15) is 0 Å². The van der Waals surface area contributed by atoms with Crippen molar-refractivity contribution in [3.05, 3.63) is 0 Å². The molecule has 1 saturated carbocycles. The van der Waals surface area contributed by atoms with Crippen LogP contribution in [-0.2, 0) is 0 Å². The van der Waals surface area contributed by atoms with Crippen molar-refractivity contribution in [2.75, 3.05) is 19.6 Å². The molecular formula is C14H28N2. The Morgan fingerprint density at radius 3 is 2.56 bits per heavy atom. The number of rotatable bonds is 3. The van der Waals surface area contributed by atoms with Crippen LogP contribution in [0.15, 0.2) is 0 Å². The molecule has 0 bridgehead atoms. The highest BCUT2D eigenvalue weighted by Crippen LogP contribution is 2.35. The van der Waals surface area contributed by atoms with Crippen molar-refractivity contribution in [3.8, 4) is 0 Å². The molecule has 2 rings (SSSR count). The van der Waals surface area contributed by atoms with E-state index in [1.807, 2.05) is 0 Å². The van der Waals surface area contributed by atoms with Gasteiger partial charge in [-0.3, -0.25) is 0 Å². The van der Waals surface area contributed by atoms with Gasteiger partial charge in [0, 0.05) is 6.04 Å². The van der Waals surface area contributed by atoms with Crippen LogP contribution in [0, 0.1) is 11.3 Å². The third-order valence-corrected chi connectivity index (χ3v) is 4.43. The molecule has 1 unspecified atom stereocenters. The van der Waals surface area contributed by atoms with Gasteiger partial charge >= 0.3 is 0 Å². The monoisotopic (exact) mass is 224 g/mol. The molecule has 1 aliphatic heterocycles. The van der Waals surface area contributed by atoms with Gasteiger partial charge < -0.3 is 10.6 Å². The fraction of sp³-hybridized carbons (Fsp3) is 1.00. The second-order valence-electron chi connectivity index (χ2n) is 6.56. The lowest BCUT2D eigenvalue weighted by molar-refractivity contribution is 0.200. The van der Waals surface area contributed by atoms with Crippen LogP contribution in [0.2, 0.25) is 0 Å². The maximum atomic E-state index is 3.79. The van der Waals surface area contributed by atoms with Gasteiger partial charge in [-0.2, -0.15) is 0 Å². The van der Waals surface area contributed by atoms with E-state index >= 15 is 0 Å². The molecule has 2 fully saturated rings. The summed E-state index contributed by atoms with van der Waals surface area (Å²) < 4.78 is 0. The minimum absolute atomic E-state index is 0.602. The van der Waals surface area contributed by atoms with Crippen LogP contribution in [0.25, 0.3) is 0 Å². The van der Waals surface area contributed by atoms with E-state index in [4.69, 9.17) is 0 Å². The Morgan fingerprint density at radius 1 is 1.19 bits per heavy atom. The first-order valence-electron chi connectivity index (χ1n) is 7.10. The van der Waals surface area contributed by atoms with Crippen molar-refractivity contribution in [3.63, 3.8) is 0 Å². The first-order chi connectivity index (χ1) is 7.66. The van der Waals surface area contributed by atoms with E-state index in [1.165, 1.54) is 58.2 Å². The van der Waals surface area contributed by atoms with E-state index in [-0.39, 0.29) is 0 Å². The van der Waals surface area contributed by atoms with E-state index in [0.29, 0.717) is 5.41 Å². The summed E-state index contributed by atoms with van der Waals surface area (Å²) in [6.07, 6.45) is 8.34. The third kappa shape index (κ3) is 3.74. The smallest absolute Gasteiger partial charge is 0.00675 e. The largest absolute Gasteiger partial charge is 0.316 e. The third-order valence-electron chi connectivity index (χ3n) is 4.43. The Kier molecular flexibility index (Phi) is 4.26. The molecule has 2 N–H and O–H groups in total. The van der Waals surface area contributed by atoms with Crippen LogP contribution >= 0.6 is 0 Å². The zero-order chi connectivity index (χ0) is 11.4. The van der Waals surface area contributed by atoms with Gasteiger partial charge in [0.25, 0.3) is 0 Å². The lowest BCUT2D eigenvalue weighted by Crippen LogP contribution is -2.41. The fourth-order valence-electron chi connectivity index (χ4n) is 3.03. The summed E-state index contributed by atoms with van der Waals surface area (Å²) in [7, 11) is 0. The summed E-state index contributed by atoms with van der Waals surface area (Å²) in [5.41, 5.74) is 0.602. The highest BCUT2D eigenvalue weighted by atomic mass is 14.9. The summed E-state index contributed by atoms with van der Waals surface area (Å²) in [4.78, 5) is 0. The first kappa shape index (κ1) is 12.4. The molecule has 0 aromatic rings. The standard InChI is InChI=1S/C14H28N2/c1-14(2)7-5-13(6-8-14)16-11-12-4-3-9-15-10-12/h12-13,15-16H,3-11H2,1-2H3. The molecule has 0 spiro atoms. The molecule has 94 valence electrons. The van der Waals surface area contributed by atoms with Crippen LogP contribution in [0.1, 0.15) is 52.4 Å². The zero-order valence-electron chi connectivity index (χ0n) is 11.0. The van der Waals surface area contributed by atoms with Crippen LogP contribution in [0.5, 0.6) is 0 Å². The lowest BCUT2D eigenvalue weighted by Gasteiger charge is -2.35. The van der Waals surface area contributed by atoms with Crippen molar-refractivity contribution in [2.45, 2.75) is 58.4 Å². The molecule has 0 amide bonds. The predicted molar refractivity (Wildman–Crippen MR) is 69.6 cm³/mol. The van der Waals surface area contributed by atoms with E-state index in [0.717, 1.165) is 12.0 Å². The summed E-state index contributed by atoms with van der Waals surface area (Å²) >= 11 is 0. The molecule has 0 aromatic carbocycles. The maximum absolute atomic E-state index is 3.79. The normalized spacial score (nSPS) is 31.5. The van der Waals surface area contributed by atoms with E-state index < -0.39 is 0 Å². The number of hydrogen-bond acceptors (Lipinski definition) is 2. The van der Waals surface area contributed by atoms with Crippen molar-refractivity contribution >= 4 is 0 Å². The fourth-order valence-corrected chi connectivity index (χ4v) is 3.03. The molecule has 1 atom stereocenters. The first-order valence-corrected chi connectivity index (χ1v) is 7.10. The molecule has 2 aliphatic rings. The molecular weight excluding hydrogens is 196 g/mol. The van der Waals surface area contributed by atoms with Crippen molar-refractivity contribution in [2.24, 2.45) is 11.3 Å². The molecule has 2 nitrogen and oxygen atoms in total. The lowest BCUT2D eigenvalue weighted by atomic mass is 9.75. The number of piperidine rings is 1. The van der Waals surface area contributed by atoms with Crippen molar-refractivity contribution in [1.29, 1.82) is 0 Å². The molecule has 1 heterocycles. The molecule has 16 heavy (non-hydrogen) atoms. The van der Waals surface area contributed by atoms with Crippen molar-refractivity contribution < 1.29 is 0 Å². The molecule has 1 saturated heterocycles. The number of hydrogen-bond donors (Lipinski definition) is 2. The van der Waals surface area contributed by atoms with Gasteiger partial charge in [-0.15, -0.1) is 0 Å². The topological polar surface area (TPSA) is 24.1 Å². The minimum atomic E-state index is 0.602.